The Balaban J connectivity index is 1.98. The molecule has 116 valence electrons. The predicted molar refractivity (Wildman–Crippen MR) is 83.2 cm³/mol. The van der Waals surface area contributed by atoms with Crippen LogP contribution in [-0.2, 0) is 0 Å². The van der Waals surface area contributed by atoms with Gasteiger partial charge in [-0.15, -0.1) is 0 Å². The highest BCUT2D eigenvalue weighted by Crippen LogP contribution is 2.22. The molecule has 0 fully saturated rings. The van der Waals surface area contributed by atoms with E-state index in [2.05, 4.69) is 20.7 Å². The maximum atomic E-state index is 11.3. The zero-order valence-electron chi connectivity index (χ0n) is 12.1. The molecule has 23 heavy (non-hydrogen) atoms. The van der Waals surface area contributed by atoms with Gasteiger partial charge in [0.15, 0.2) is 11.5 Å². The number of nitrogens with one attached hydrogen (secondary N) is 2. The Bertz CT molecular complexity index is 904. The normalized spacial score (nSPS) is 10.5. The first-order valence-corrected chi connectivity index (χ1v) is 6.67. The molecule has 0 spiro atoms. The zero-order chi connectivity index (χ0) is 16.4. The summed E-state index contributed by atoms with van der Waals surface area (Å²) in [7, 11) is 1.50. The molecule has 0 bridgehead atoms. The van der Waals surface area contributed by atoms with E-state index >= 15 is 0 Å². The molecule has 2 heterocycles. The molecule has 0 atom stereocenters. The van der Waals surface area contributed by atoms with Gasteiger partial charge < -0.3 is 5.32 Å². The van der Waals surface area contributed by atoms with Crippen molar-refractivity contribution in [1.82, 2.24) is 19.9 Å². The Hall–Kier alpha value is -3.49. The topological polar surface area (TPSA) is 114 Å². The second-order valence-corrected chi connectivity index (χ2v) is 4.66. The van der Waals surface area contributed by atoms with Crippen LogP contribution in [0.15, 0.2) is 42.6 Å². The van der Waals surface area contributed by atoms with Gasteiger partial charge in [0.25, 0.3) is 5.69 Å². The van der Waals surface area contributed by atoms with E-state index in [1.165, 1.54) is 23.7 Å². The number of nitrogens with zero attached hydrogens (tertiary/aromatic N) is 4. The third kappa shape index (κ3) is 2.93. The summed E-state index contributed by atoms with van der Waals surface area (Å²) in [6, 6.07) is 9.26. The lowest BCUT2D eigenvalue weighted by molar-refractivity contribution is -0.384. The van der Waals surface area contributed by atoms with Crippen LogP contribution in [0.3, 0.4) is 0 Å². The number of carbonyl (C=O) groups is 1. The lowest BCUT2D eigenvalue weighted by Gasteiger charge is -2.01. The Kier molecular flexibility index (Phi) is 3.59. The van der Waals surface area contributed by atoms with Gasteiger partial charge in [-0.2, -0.15) is 5.10 Å². The standard InChI is InChI=1S/C14H12N6O3/c1-15-14(21)17-12-8-19-13(16-12)6-5-11(18-19)9-3-2-4-10(7-9)20(22)23/h2-8H,1H3,(H2,15,17,21). The van der Waals surface area contributed by atoms with Crippen molar-refractivity contribution < 1.29 is 9.72 Å². The smallest absolute Gasteiger partial charge is 0.320 e. The molecule has 0 aliphatic heterocycles. The van der Waals surface area contributed by atoms with Crippen molar-refractivity contribution in [3.05, 3.63) is 52.7 Å². The van der Waals surface area contributed by atoms with Gasteiger partial charge in [0, 0.05) is 24.7 Å². The summed E-state index contributed by atoms with van der Waals surface area (Å²) in [5, 5.41) is 20.2. The number of non-ortho nitro benzene ring substituents is 1. The summed E-state index contributed by atoms with van der Waals surface area (Å²) >= 11 is 0. The van der Waals surface area contributed by atoms with Crippen LogP contribution in [0.1, 0.15) is 0 Å². The van der Waals surface area contributed by atoms with E-state index in [0.29, 0.717) is 22.7 Å². The Morgan fingerprint density at radius 3 is 2.87 bits per heavy atom. The largest absolute Gasteiger partial charge is 0.341 e. The highest BCUT2D eigenvalue weighted by molar-refractivity contribution is 5.88. The molecule has 0 saturated carbocycles. The van der Waals surface area contributed by atoms with Crippen molar-refractivity contribution in [2.75, 3.05) is 12.4 Å². The number of hydrogen-bond acceptors (Lipinski definition) is 5. The SMILES string of the molecule is CNC(=O)Nc1cn2nc(-c3cccc([N+](=O)[O-])c3)ccc2n1. The first kappa shape index (κ1) is 14.4. The number of imidazole rings is 1. The van der Waals surface area contributed by atoms with Gasteiger partial charge in [0.05, 0.1) is 16.8 Å². The van der Waals surface area contributed by atoms with E-state index in [-0.39, 0.29) is 11.7 Å². The molecule has 2 aromatic heterocycles. The van der Waals surface area contributed by atoms with E-state index in [1.54, 1.807) is 30.5 Å². The summed E-state index contributed by atoms with van der Waals surface area (Å²) in [5.41, 5.74) is 1.73. The van der Waals surface area contributed by atoms with Gasteiger partial charge in [-0.25, -0.2) is 14.3 Å². The number of urea groups is 1. The van der Waals surface area contributed by atoms with Crippen LogP contribution in [0.4, 0.5) is 16.3 Å². The molecule has 3 aromatic rings. The number of benzene rings is 1. The second-order valence-electron chi connectivity index (χ2n) is 4.66. The number of hydrogen-bond donors (Lipinski definition) is 2. The summed E-state index contributed by atoms with van der Waals surface area (Å²) in [6.07, 6.45) is 1.56. The van der Waals surface area contributed by atoms with Crippen molar-refractivity contribution in [3.8, 4) is 11.3 Å². The number of rotatable bonds is 3. The van der Waals surface area contributed by atoms with Gasteiger partial charge >= 0.3 is 6.03 Å². The summed E-state index contributed by atoms with van der Waals surface area (Å²) in [5.74, 6) is 0.355. The fourth-order valence-electron chi connectivity index (χ4n) is 2.05. The van der Waals surface area contributed by atoms with Crippen LogP contribution in [0, 0.1) is 10.1 Å². The van der Waals surface area contributed by atoms with Crippen LogP contribution in [0.5, 0.6) is 0 Å². The number of fused-ring (bicyclic) bond motifs is 1. The number of nitro benzene ring substituents is 1. The molecule has 9 nitrogen and oxygen atoms in total. The minimum absolute atomic E-state index is 0.00278. The minimum atomic E-state index is -0.454. The molecule has 0 radical (unpaired) electrons. The van der Waals surface area contributed by atoms with Gasteiger partial charge in [0.1, 0.15) is 0 Å². The van der Waals surface area contributed by atoms with Gasteiger partial charge in [-0.05, 0) is 12.1 Å². The maximum Gasteiger partial charge on any atom is 0.320 e. The van der Waals surface area contributed by atoms with Gasteiger partial charge in [0.2, 0.25) is 0 Å². The Morgan fingerprint density at radius 1 is 1.30 bits per heavy atom. The number of nitro groups is 1. The van der Waals surface area contributed by atoms with Crippen LogP contribution >= 0.6 is 0 Å². The quantitative estimate of drug-likeness (QED) is 0.567. The van der Waals surface area contributed by atoms with Crippen LogP contribution < -0.4 is 10.6 Å². The summed E-state index contributed by atoms with van der Waals surface area (Å²) in [6.45, 7) is 0. The zero-order valence-corrected chi connectivity index (χ0v) is 12.1. The van der Waals surface area contributed by atoms with Crippen molar-refractivity contribution >= 4 is 23.2 Å². The second kappa shape index (κ2) is 5.72. The van der Waals surface area contributed by atoms with Crippen LogP contribution in [0.2, 0.25) is 0 Å². The van der Waals surface area contributed by atoms with Crippen molar-refractivity contribution in [1.29, 1.82) is 0 Å². The number of carbonyl (C=O) groups excluding carboxylic acids is 1. The number of anilines is 1. The van der Waals surface area contributed by atoms with Crippen LogP contribution in [0.25, 0.3) is 16.9 Å². The van der Waals surface area contributed by atoms with Crippen molar-refractivity contribution in [2.24, 2.45) is 0 Å². The minimum Gasteiger partial charge on any atom is -0.341 e. The summed E-state index contributed by atoms with van der Waals surface area (Å²) in [4.78, 5) is 25.9. The molecular weight excluding hydrogens is 300 g/mol. The Labute approximate surface area is 130 Å². The van der Waals surface area contributed by atoms with E-state index < -0.39 is 4.92 Å². The first-order chi connectivity index (χ1) is 11.1. The number of amides is 2. The molecule has 0 unspecified atom stereocenters. The molecule has 0 aliphatic carbocycles. The van der Waals surface area contributed by atoms with E-state index in [1.807, 2.05) is 0 Å². The van der Waals surface area contributed by atoms with Crippen molar-refractivity contribution in [2.45, 2.75) is 0 Å². The fraction of sp³-hybridized carbons (Fsp3) is 0.0714. The van der Waals surface area contributed by atoms with E-state index in [0.717, 1.165) is 0 Å². The van der Waals surface area contributed by atoms with Gasteiger partial charge in [-0.1, -0.05) is 12.1 Å². The molecule has 9 heteroatoms. The molecule has 1 aromatic carbocycles. The molecular formula is C14H12N6O3. The highest BCUT2D eigenvalue weighted by atomic mass is 16.6. The number of aromatic nitrogens is 3. The van der Waals surface area contributed by atoms with E-state index in [9.17, 15) is 14.9 Å². The van der Waals surface area contributed by atoms with E-state index in [4.69, 9.17) is 0 Å². The average Bonchev–Trinajstić information content (AvgIpc) is 2.96. The lowest BCUT2D eigenvalue weighted by Crippen LogP contribution is -2.24. The van der Waals surface area contributed by atoms with Crippen molar-refractivity contribution in [3.63, 3.8) is 0 Å². The molecule has 2 N–H and O–H groups in total. The molecule has 0 aliphatic rings. The molecule has 2 amide bonds. The summed E-state index contributed by atoms with van der Waals surface area (Å²) < 4.78 is 1.50. The van der Waals surface area contributed by atoms with Crippen LogP contribution in [-0.4, -0.2) is 32.6 Å². The predicted octanol–water partition coefficient (Wildman–Crippen LogP) is 2.06. The van der Waals surface area contributed by atoms with Gasteiger partial charge in [-0.3, -0.25) is 15.4 Å². The third-order valence-corrected chi connectivity index (χ3v) is 3.14. The molecule has 3 rings (SSSR count). The third-order valence-electron chi connectivity index (χ3n) is 3.14. The highest BCUT2D eigenvalue weighted by Gasteiger charge is 2.10. The maximum absolute atomic E-state index is 11.3. The lowest BCUT2D eigenvalue weighted by atomic mass is 10.1. The average molecular weight is 312 g/mol. The Morgan fingerprint density at radius 2 is 2.13 bits per heavy atom. The monoisotopic (exact) mass is 312 g/mol. The molecule has 0 saturated heterocycles. The fourth-order valence-corrected chi connectivity index (χ4v) is 2.05. The first-order valence-electron chi connectivity index (χ1n) is 6.67.